The first-order valence-corrected chi connectivity index (χ1v) is 6.24. The maximum Gasteiger partial charge on any atom is 0.244 e. The molecular formula is H2IO2PS. The number of halogens is 1. The monoisotopic (exact) mass is 224 g/mol. The van der Waals surface area contributed by atoms with Gasteiger partial charge in [-0.3, -0.25) is 0 Å². The van der Waals surface area contributed by atoms with Crippen LogP contribution < -0.4 is 0 Å². The molecule has 2 nitrogen and oxygen atoms in total. The van der Waals surface area contributed by atoms with Gasteiger partial charge in [0.15, 0.2) is 0 Å². The molecule has 0 unspecified atom stereocenters. The molecule has 0 fully saturated rings. The zero-order valence-corrected chi connectivity index (χ0v) is 6.00. The van der Waals surface area contributed by atoms with Crippen LogP contribution in [-0.4, -0.2) is 9.79 Å². The topological polar surface area (TPSA) is 40.5 Å². The predicted molar refractivity (Wildman–Crippen MR) is 32.7 cm³/mol. The van der Waals surface area contributed by atoms with Crippen molar-refractivity contribution in [3.63, 3.8) is 0 Å². The molecule has 2 N–H and O–H groups in total. The fourth-order valence-electron chi connectivity index (χ4n) is 0. The Bertz CT molecular complexity index is 55.8. The first-order chi connectivity index (χ1) is 2.00. The summed E-state index contributed by atoms with van der Waals surface area (Å²) in [6.07, 6.45) is 0. The first-order valence-electron chi connectivity index (χ1n) is 0.752. The van der Waals surface area contributed by atoms with Gasteiger partial charge in [-0.05, 0) is 11.8 Å². The minimum Gasteiger partial charge on any atom is -0.338 e. The summed E-state index contributed by atoms with van der Waals surface area (Å²) < 4.78 is -2.84. The zero-order valence-electron chi connectivity index (χ0n) is 2.13. The number of hydrogen-bond donors (Lipinski definition) is 2. The third-order valence-electron chi connectivity index (χ3n) is 0. The Kier molecular flexibility index (Phi) is 2.32. The van der Waals surface area contributed by atoms with Crippen LogP contribution in [-0.2, 0) is 11.8 Å². The highest BCUT2D eigenvalue weighted by atomic mass is 127. The van der Waals surface area contributed by atoms with Gasteiger partial charge in [0.05, 0.1) is 0 Å². The van der Waals surface area contributed by atoms with Crippen molar-refractivity contribution in [2.24, 2.45) is 0 Å². The van der Waals surface area contributed by atoms with Crippen LogP contribution in [0.3, 0.4) is 0 Å². The molecule has 0 aromatic carbocycles. The van der Waals surface area contributed by atoms with Crippen molar-refractivity contribution in [1.82, 2.24) is 0 Å². The average molecular weight is 224 g/mol. The molecule has 0 spiro atoms. The summed E-state index contributed by atoms with van der Waals surface area (Å²) in [5.74, 6) is 0. The summed E-state index contributed by atoms with van der Waals surface area (Å²) in [4.78, 5) is 16.0. The Hall–Kier alpha value is 1.30. The van der Waals surface area contributed by atoms with Crippen LogP contribution in [0.4, 0.5) is 0 Å². The van der Waals surface area contributed by atoms with Gasteiger partial charge in [-0.15, -0.1) is 0 Å². The Morgan fingerprint density at radius 3 is 1.60 bits per heavy atom. The Morgan fingerprint density at radius 1 is 1.60 bits per heavy atom. The highest BCUT2D eigenvalue weighted by Gasteiger charge is 1.92. The Labute approximate surface area is 47.9 Å². The lowest BCUT2D eigenvalue weighted by Gasteiger charge is -1.86. The van der Waals surface area contributed by atoms with Gasteiger partial charge in [-0.25, -0.2) is 0 Å². The molecule has 0 saturated carbocycles. The quantitative estimate of drug-likeness (QED) is 0.468. The third kappa shape index (κ3) is 34.2. The lowest BCUT2D eigenvalue weighted by Crippen LogP contribution is -1.51. The molecule has 0 atom stereocenters. The van der Waals surface area contributed by atoms with E-state index in [0.717, 1.165) is 0 Å². The van der Waals surface area contributed by atoms with E-state index >= 15 is 0 Å². The van der Waals surface area contributed by atoms with Gasteiger partial charge in [0.25, 0.3) is 0 Å². The molecule has 0 bridgehead atoms. The summed E-state index contributed by atoms with van der Waals surface area (Å²) in [7, 11) is 0. The normalized spacial score (nSPS) is 11.8. The van der Waals surface area contributed by atoms with Crippen LogP contribution in [0, 0.1) is 0 Å². The van der Waals surface area contributed by atoms with Crippen LogP contribution in [0.1, 0.15) is 0 Å². The second-order valence-electron chi connectivity index (χ2n) is 0.473. The molecule has 0 heterocycles. The molecule has 32 valence electrons. The molecule has 0 rings (SSSR count). The van der Waals surface area contributed by atoms with Gasteiger partial charge in [-0.1, -0.05) is 0 Å². The molecular weight excluding hydrogens is 222 g/mol. The maximum absolute atomic E-state index is 7.99. The summed E-state index contributed by atoms with van der Waals surface area (Å²) in [6, 6.07) is 0. The van der Waals surface area contributed by atoms with Gasteiger partial charge < -0.3 is 9.79 Å². The fourth-order valence-corrected chi connectivity index (χ4v) is 0. The van der Waals surface area contributed by atoms with E-state index < -0.39 is 4.13 Å². The number of rotatable bonds is 0. The van der Waals surface area contributed by atoms with E-state index in [4.69, 9.17) is 9.79 Å². The second-order valence-corrected chi connectivity index (χ2v) is 8.95. The maximum atomic E-state index is 7.99. The standard InChI is InChI=1S/H2IO2PS/c1-4(2,3)5/h(H2,2,3,5). The number of hydrogen-bond acceptors (Lipinski definition) is 1. The zero-order chi connectivity index (χ0) is 4.50. The average Bonchev–Trinajstić information content (AvgIpc) is 0.722. The molecule has 0 aromatic rings. The van der Waals surface area contributed by atoms with Crippen LogP contribution in [0.25, 0.3) is 0 Å². The van der Waals surface area contributed by atoms with Crippen molar-refractivity contribution in [2.75, 3.05) is 0 Å². The van der Waals surface area contributed by atoms with Gasteiger partial charge in [0.2, 0.25) is 4.13 Å². The smallest absolute Gasteiger partial charge is 0.244 e. The molecule has 0 aromatic heterocycles. The van der Waals surface area contributed by atoms with Gasteiger partial charge in [0.1, 0.15) is 0 Å². The SMILES string of the molecule is OP(O)(=S)I. The van der Waals surface area contributed by atoms with Crippen LogP contribution in [0.5, 0.6) is 0 Å². The van der Waals surface area contributed by atoms with Crippen molar-refractivity contribution >= 4 is 38.0 Å². The van der Waals surface area contributed by atoms with Crippen molar-refractivity contribution in [3.05, 3.63) is 0 Å². The van der Waals surface area contributed by atoms with E-state index in [-0.39, 0.29) is 0 Å². The minimum atomic E-state index is -2.84. The molecule has 0 saturated heterocycles. The Balaban J connectivity index is 3.47. The summed E-state index contributed by atoms with van der Waals surface area (Å²) in [5.41, 5.74) is 0. The highest BCUT2D eigenvalue weighted by molar-refractivity contribution is 14.2. The lowest BCUT2D eigenvalue weighted by molar-refractivity contribution is 0.506. The second kappa shape index (κ2) is 1.84. The van der Waals surface area contributed by atoms with Gasteiger partial charge in [0, 0.05) is 22.0 Å². The van der Waals surface area contributed by atoms with E-state index in [1.807, 2.05) is 0 Å². The van der Waals surface area contributed by atoms with Crippen molar-refractivity contribution < 1.29 is 9.79 Å². The molecule has 5 heavy (non-hydrogen) atoms. The summed E-state index contributed by atoms with van der Waals surface area (Å²) in [6.45, 7) is 0. The highest BCUT2D eigenvalue weighted by Crippen LogP contribution is 2.44. The summed E-state index contributed by atoms with van der Waals surface area (Å²) in [5, 5.41) is 0. The van der Waals surface area contributed by atoms with E-state index in [1.165, 1.54) is 22.0 Å². The van der Waals surface area contributed by atoms with Crippen molar-refractivity contribution in [2.45, 2.75) is 0 Å². The van der Waals surface area contributed by atoms with Crippen LogP contribution >= 0.6 is 26.2 Å². The molecule has 0 aliphatic rings. The minimum absolute atomic E-state index is 1.41. The predicted octanol–water partition coefficient (Wildman–Crippen LogP) is 0.630. The largest absolute Gasteiger partial charge is 0.338 e. The van der Waals surface area contributed by atoms with E-state index in [1.54, 1.807) is 0 Å². The molecule has 0 aliphatic heterocycles. The summed E-state index contributed by atoms with van der Waals surface area (Å²) >= 11 is 5.45. The van der Waals surface area contributed by atoms with E-state index in [2.05, 4.69) is 11.8 Å². The molecule has 0 amide bonds. The van der Waals surface area contributed by atoms with Gasteiger partial charge >= 0.3 is 0 Å². The van der Waals surface area contributed by atoms with Crippen molar-refractivity contribution in [3.8, 4) is 0 Å². The van der Waals surface area contributed by atoms with Gasteiger partial charge in [-0.2, -0.15) is 0 Å². The molecule has 5 heteroatoms. The van der Waals surface area contributed by atoms with Crippen molar-refractivity contribution in [1.29, 1.82) is 0 Å². The Morgan fingerprint density at radius 2 is 1.60 bits per heavy atom. The first kappa shape index (κ1) is 6.30. The third-order valence-corrected chi connectivity index (χ3v) is 0. The molecule has 0 radical (unpaired) electrons. The van der Waals surface area contributed by atoms with E-state index in [9.17, 15) is 0 Å². The molecule has 0 aliphatic carbocycles. The van der Waals surface area contributed by atoms with E-state index in [0.29, 0.717) is 0 Å². The van der Waals surface area contributed by atoms with Crippen LogP contribution in [0.15, 0.2) is 0 Å². The lowest BCUT2D eigenvalue weighted by atomic mass is 15.9. The fraction of sp³-hybridized carbons (Fsp3) is 0. The van der Waals surface area contributed by atoms with Crippen LogP contribution in [0.2, 0.25) is 0 Å².